The van der Waals surface area contributed by atoms with E-state index in [0.29, 0.717) is 16.3 Å². The molecule has 0 radical (unpaired) electrons. The van der Waals surface area contributed by atoms with Gasteiger partial charge in [-0.2, -0.15) is 8.78 Å². The summed E-state index contributed by atoms with van der Waals surface area (Å²) in [6, 6.07) is 9.77. The number of carbonyl (C=O) groups is 1. The zero-order chi connectivity index (χ0) is 16.9. The average Bonchev–Trinajstić information content (AvgIpc) is 3.24. The molecule has 2 aromatic heterocycles. The Bertz CT molecular complexity index is 818. The lowest BCUT2D eigenvalue weighted by Gasteiger charge is -2.10. The van der Waals surface area contributed by atoms with Crippen LogP contribution in [0, 0.1) is 0 Å². The van der Waals surface area contributed by atoms with E-state index >= 15 is 0 Å². The zero-order valence-electron chi connectivity index (χ0n) is 12.2. The molecule has 0 unspecified atom stereocenters. The number of ether oxygens (including phenoxy) is 1. The molecular formula is C16H12F2N2O3S. The standard InChI is InChI=1S/C16H12F2N2O3S/c17-16(18)23-12-5-2-1-4-10(12)8-19-14(21)11-9-24-15(20-11)13-6-3-7-22-13/h1-7,9,16H,8H2,(H,19,21). The van der Waals surface area contributed by atoms with E-state index in [1.165, 1.54) is 23.7 Å². The molecule has 0 aliphatic carbocycles. The Morgan fingerprint density at radius 2 is 2.12 bits per heavy atom. The first-order valence-corrected chi connectivity index (χ1v) is 7.82. The number of benzene rings is 1. The molecule has 0 fully saturated rings. The summed E-state index contributed by atoms with van der Waals surface area (Å²) in [5.41, 5.74) is 0.686. The summed E-state index contributed by atoms with van der Waals surface area (Å²) >= 11 is 1.28. The number of nitrogens with zero attached hydrogens (tertiary/aromatic N) is 1. The summed E-state index contributed by atoms with van der Waals surface area (Å²) in [5.74, 6) is 0.202. The predicted octanol–water partition coefficient (Wildman–Crippen LogP) is 3.93. The van der Waals surface area contributed by atoms with Gasteiger partial charge in [0.1, 0.15) is 11.4 Å². The van der Waals surface area contributed by atoms with Gasteiger partial charge in [-0.3, -0.25) is 4.79 Å². The van der Waals surface area contributed by atoms with Crippen LogP contribution in [0.25, 0.3) is 10.8 Å². The normalized spacial score (nSPS) is 10.8. The molecule has 24 heavy (non-hydrogen) atoms. The van der Waals surface area contributed by atoms with Crippen molar-refractivity contribution in [2.45, 2.75) is 13.2 Å². The van der Waals surface area contributed by atoms with Crippen molar-refractivity contribution in [3.63, 3.8) is 0 Å². The van der Waals surface area contributed by atoms with Crippen LogP contribution in [0.3, 0.4) is 0 Å². The molecule has 0 saturated carbocycles. The smallest absolute Gasteiger partial charge is 0.387 e. The van der Waals surface area contributed by atoms with E-state index in [-0.39, 0.29) is 18.0 Å². The van der Waals surface area contributed by atoms with E-state index < -0.39 is 12.5 Å². The summed E-state index contributed by atoms with van der Waals surface area (Å²) < 4.78 is 34.4. The van der Waals surface area contributed by atoms with Gasteiger partial charge in [-0.15, -0.1) is 11.3 Å². The van der Waals surface area contributed by atoms with Crippen LogP contribution in [0.5, 0.6) is 5.75 Å². The summed E-state index contributed by atoms with van der Waals surface area (Å²) in [5, 5.41) is 4.83. The van der Waals surface area contributed by atoms with Gasteiger partial charge in [-0.05, 0) is 18.2 Å². The Kier molecular flexibility index (Phi) is 4.85. The van der Waals surface area contributed by atoms with Crippen LogP contribution in [0.15, 0.2) is 52.5 Å². The number of carbonyl (C=O) groups excluding carboxylic acids is 1. The van der Waals surface area contributed by atoms with Gasteiger partial charge in [-0.25, -0.2) is 4.98 Å². The van der Waals surface area contributed by atoms with Crippen LogP contribution in [0.4, 0.5) is 8.78 Å². The molecule has 0 spiro atoms. The third kappa shape index (κ3) is 3.77. The fourth-order valence-electron chi connectivity index (χ4n) is 2.02. The average molecular weight is 350 g/mol. The van der Waals surface area contributed by atoms with Crippen molar-refractivity contribution in [1.82, 2.24) is 10.3 Å². The number of rotatable bonds is 6. The maximum Gasteiger partial charge on any atom is 0.387 e. The third-order valence-corrected chi connectivity index (χ3v) is 3.95. The number of alkyl halides is 2. The SMILES string of the molecule is O=C(NCc1ccccc1OC(F)F)c1csc(-c2ccco2)n1. The monoisotopic (exact) mass is 350 g/mol. The van der Waals surface area contributed by atoms with Crippen molar-refractivity contribution in [2.24, 2.45) is 0 Å². The first-order valence-electron chi connectivity index (χ1n) is 6.94. The Labute approximate surface area is 139 Å². The highest BCUT2D eigenvalue weighted by Gasteiger charge is 2.14. The van der Waals surface area contributed by atoms with Gasteiger partial charge in [-0.1, -0.05) is 18.2 Å². The molecule has 1 aromatic carbocycles. The number of nitrogens with one attached hydrogen (secondary N) is 1. The highest BCUT2D eigenvalue weighted by molar-refractivity contribution is 7.13. The molecular weight excluding hydrogens is 338 g/mol. The number of furan rings is 1. The maximum absolute atomic E-state index is 12.4. The Balaban J connectivity index is 1.66. The first-order chi connectivity index (χ1) is 11.6. The van der Waals surface area contributed by atoms with Crippen molar-refractivity contribution in [2.75, 3.05) is 0 Å². The van der Waals surface area contributed by atoms with E-state index in [1.54, 1.807) is 35.7 Å². The fraction of sp³-hybridized carbons (Fsp3) is 0.125. The molecule has 1 N–H and O–H groups in total. The molecule has 0 saturated heterocycles. The molecule has 0 bridgehead atoms. The number of amides is 1. The Morgan fingerprint density at radius 1 is 1.29 bits per heavy atom. The van der Waals surface area contributed by atoms with Crippen LogP contribution in [-0.2, 0) is 6.54 Å². The van der Waals surface area contributed by atoms with E-state index in [4.69, 9.17) is 4.42 Å². The van der Waals surface area contributed by atoms with Crippen LogP contribution >= 0.6 is 11.3 Å². The Hall–Kier alpha value is -2.74. The van der Waals surface area contributed by atoms with E-state index in [1.807, 2.05) is 0 Å². The lowest BCUT2D eigenvalue weighted by molar-refractivity contribution is -0.0504. The highest BCUT2D eigenvalue weighted by atomic mass is 32.1. The molecule has 3 rings (SSSR count). The topological polar surface area (TPSA) is 64.4 Å². The summed E-state index contributed by atoms with van der Waals surface area (Å²) in [4.78, 5) is 16.3. The van der Waals surface area contributed by atoms with E-state index in [0.717, 1.165) is 0 Å². The van der Waals surface area contributed by atoms with Gasteiger partial charge >= 0.3 is 6.61 Å². The van der Waals surface area contributed by atoms with Crippen molar-refractivity contribution in [3.05, 3.63) is 59.3 Å². The number of halogens is 2. The number of hydrogen-bond acceptors (Lipinski definition) is 5. The molecule has 8 heteroatoms. The van der Waals surface area contributed by atoms with E-state index in [9.17, 15) is 13.6 Å². The molecule has 0 atom stereocenters. The number of aromatic nitrogens is 1. The van der Waals surface area contributed by atoms with Gasteiger partial charge in [0.2, 0.25) is 0 Å². The Morgan fingerprint density at radius 3 is 2.88 bits per heavy atom. The zero-order valence-corrected chi connectivity index (χ0v) is 13.1. The van der Waals surface area contributed by atoms with E-state index in [2.05, 4.69) is 15.0 Å². The highest BCUT2D eigenvalue weighted by Crippen LogP contribution is 2.24. The van der Waals surface area contributed by atoms with Gasteiger partial charge in [0.25, 0.3) is 5.91 Å². The van der Waals surface area contributed by atoms with Crippen molar-refractivity contribution in [3.8, 4) is 16.5 Å². The van der Waals surface area contributed by atoms with Crippen molar-refractivity contribution in [1.29, 1.82) is 0 Å². The summed E-state index contributed by atoms with van der Waals surface area (Å²) in [7, 11) is 0. The van der Waals surface area contributed by atoms with Gasteiger partial charge in [0.15, 0.2) is 10.8 Å². The largest absolute Gasteiger partial charge is 0.462 e. The van der Waals surface area contributed by atoms with Gasteiger partial charge in [0.05, 0.1) is 6.26 Å². The van der Waals surface area contributed by atoms with Crippen LogP contribution in [0.2, 0.25) is 0 Å². The molecule has 3 aromatic rings. The molecule has 5 nitrogen and oxygen atoms in total. The molecule has 124 valence electrons. The van der Waals surface area contributed by atoms with Gasteiger partial charge < -0.3 is 14.5 Å². The van der Waals surface area contributed by atoms with Crippen molar-refractivity contribution < 1.29 is 22.7 Å². The first kappa shape index (κ1) is 16.1. The van der Waals surface area contributed by atoms with Gasteiger partial charge in [0, 0.05) is 17.5 Å². The maximum atomic E-state index is 12.4. The second-order valence-corrected chi connectivity index (χ2v) is 5.54. The molecule has 0 aliphatic heterocycles. The lowest BCUT2D eigenvalue weighted by atomic mass is 10.2. The third-order valence-electron chi connectivity index (χ3n) is 3.10. The minimum Gasteiger partial charge on any atom is -0.462 e. The van der Waals surface area contributed by atoms with Crippen LogP contribution in [-0.4, -0.2) is 17.5 Å². The quantitative estimate of drug-likeness (QED) is 0.731. The minimum atomic E-state index is -2.92. The number of hydrogen-bond donors (Lipinski definition) is 1. The van der Waals surface area contributed by atoms with Crippen molar-refractivity contribution >= 4 is 17.2 Å². The lowest BCUT2D eigenvalue weighted by Crippen LogP contribution is -2.23. The fourth-order valence-corrected chi connectivity index (χ4v) is 2.78. The van der Waals surface area contributed by atoms with Crippen LogP contribution < -0.4 is 10.1 Å². The number of thiazole rings is 1. The second kappa shape index (κ2) is 7.22. The minimum absolute atomic E-state index is 0.0300. The summed E-state index contributed by atoms with van der Waals surface area (Å²) in [6.45, 7) is -2.87. The van der Waals surface area contributed by atoms with Crippen LogP contribution in [0.1, 0.15) is 16.1 Å². The number of para-hydroxylation sites is 1. The molecule has 0 aliphatic rings. The summed E-state index contributed by atoms with van der Waals surface area (Å²) in [6.07, 6.45) is 1.52. The molecule has 2 heterocycles. The predicted molar refractivity (Wildman–Crippen MR) is 84.1 cm³/mol. The molecule has 1 amide bonds. The second-order valence-electron chi connectivity index (χ2n) is 4.68.